The van der Waals surface area contributed by atoms with Crippen LogP contribution in [0, 0.1) is 0 Å². The fourth-order valence-electron chi connectivity index (χ4n) is 0.918. The quantitative estimate of drug-likeness (QED) is 0.515. The monoisotopic (exact) mass is 266 g/mol. The van der Waals surface area contributed by atoms with E-state index >= 15 is 0 Å². The van der Waals surface area contributed by atoms with Gasteiger partial charge in [0.2, 0.25) is 0 Å². The van der Waals surface area contributed by atoms with Crippen molar-refractivity contribution in [3.8, 4) is 0 Å². The number of carbonyl (C=O) groups excluding carboxylic acids is 2. The third kappa shape index (κ3) is 6.27. The average Bonchev–Trinajstić information content (AvgIpc) is 2.31. The largest absolute Gasteiger partial charge is 0.468 e. The van der Waals surface area contributed by atoms with Crippen LogP contribution in [0.1, 0.15) is 13.8 Å². The van der Waals surface area contributed by atoms with E-state index < -0.39 is 0 Å². The maximum atomic E-state index is 11.1. The van der Waals surface area contributed by atoms with Crippen LogP contribution in [0.15, 0.2) is 0 Å². The van der Waals surface area contributed by atoms with E-state index in [-0.39, 0.29) is 22.4 Å². The van der Waals surface area contributed by atoms with Gasteiger partial charge in [-0.25, -0.2) is 0 Å². The Kier molecular flexibility index (Phi) is 8.56. The van der Waals surface area contributed by atoms with Crippen molar-refractivity contribution in [2.24, 2.45) is 0 Å². The summed E-state index contributed by atoms with van der Waals surface area (Å²) in [4.78, 5) is 22.1. The van der Waals surface area contributed by atoms with E-state index in [9.17, 15) is 9.59 Å². The summed E-state index contributed by atoms with van der Waals surface area (Å²) >= 11 is 3.05. The lowest BCUT2D eigenvalue weighted by molar-refractivity contribution is -0.140. The molecule has 0 aliphatic heterocycles. The molecule has 0 rings (SSSR count). The Morgan fingerprint density at radius 1 is 0.938 bits per heavy atom. The molecule has 0 aliphatic rings. The Balaban J connectivity index is 3.60. The number of carbonyl (C=O) groups is 2. The lowest BCUT2D eigenvalue weighted by Gasteiger charge is -2.10. The number of hydrogen-bond donors (Lipinski definition) is 0. The molecular formula is C10H18O4S2. The molecule has 0 fully saturated rings. The molecular weight excluding hydrogens is 248 g/mol. The van der Waals surface area contributed by atoms with Crippen molar-refractivity contribution in [3.63, 3.8) is 0 Å². The van der Waals surface area contributed by atoms with E-state index in [0.29, 0.717) is 0 Å². The van der Waals surface area contributed by atoms with Crippen molar-refractivity contribution in [1.29, 1.82) is 0 Å². The molecule has 0 N–H and O–H groups in total. The molecule has 2 unspecified atom stereocenters. The smallest absolute Gasteiger partial charge is 0.318 e. The molecule has 0 heterocycles. The van der Waals surface area contributed by atoms with Gasteiger partial charge in [-0.2, -0.15) is 0 Å². The fraction of sp³-hybridized carbons (Fsp3) is 0.800. The molecule has 4 nitrogen and oxygen atoms in total. The standard InChI is InChI=1S/C10H18O4S2/c1-7(9(11)13-3)15-5-6-16-8(2)10(12)14-4/h7-8H,5-6H2,1-4H3. The van der Waals surface area contributed by atoms with Gasteiger partial charge in [0.15, 0.2) is 0 Å². The summed E-state index contributed by atoms with van der Waals surface area (Å²) in [7, 11) is 2.76. The molecule has 2 atom stereocenters. The van der Waals surface area contributed by atoms with Crippen molar-refractivity contribution in [1.82, 2.24) is 0 Å². The summed E-state index contributed by atoms with van der Waals surface area (Å²) in [5.74, 6) is 1.19. The van der Waals surface area contributed by atoms with E-state index in [1.165, 1.54) is 37.7 Å². The van der Waals surface area contributed by atoms with E-state index in [1.54, 1.807) is 0 Å². The Labute approximate surface area is 105 Å². The molecule has 0 aromatic rings. The summed E-state index contributed by atoms with van der Waals surface area (Å²) in [5.41, 5.74) is 0. The Hall–Kier alpha value is -0.360. The third-order valence-corrected chi connectivity index (χ3v) is 4.41. The van der Waals surface area contributed by atoms with Gasteiger partial charge in [0.1, 0.15) is 0 Å². The normalized spacial score (nSPS) is 14.0. The predicted molar refractivity (Wildman–Crippen MR) is 67.9 cm³/mol. The van der Waals surface area contributed by atoms with Crippen molar-refractivity contribution in [2.75, 3.05) is 25.7 Å². The van der Waals surface area contributed by atoms with Crippen LogP contribution in [0.4, 0.5) is 0 Å². The minimum Gasteiger partial charge on any atom is -0.468 e. The lowest BCUT2D eigenvalue weighted by Crippen LogP contribution is -2.17. The molecule has 0 spiro atoms. The Morgan fingerprint density at radius 2 is 1.25 bits per heavy atom. The second kappa shape index (κ2) is 8.75. The highest BCUT2D eigenvalue weighted by Gasteiger charge is 2.15. The maximum Gasteiger partial charge on any atom is 0.318 e. The zero-order chi connectivity index (χ0) is 12.6. The van der Waals surface area contributed by atoms with Crippen LogP contribution >= 0.6 is 23.5 Å². The molecule has 0 aromatic carbocycles. The van der Waals surface area contributed by atoms with Gasteiger partial charge in [0.05, 0.1) is 24.7 Å². The van der Waals surface area contributed by atoms with Crippen molar-refractivity contribution < 1.29 is 19.1 Å². The van der Waals surface area contributed by atoms with E-state index in [2.05, 4.69) is 9.47 Å². The van der Waals surface area contributed by atoms with Crippen molar-refractivity contribution in [3.05, 3.63) is 0 Å². The summed E-state index contributed by atoms with van der Waals surface area (Å²) in [5, 5.41) is -0.307. The molecule has 6 heteroatoms. The summed E-state index contributed by atoms with van der Waals surface area (Å²) in [6, 6.07) is 0. The van der Waals surface area contributed by atoms with Gasteiger partial charge in [0.25, 0.3) is 0 Å². The summed E-state index contributed by atoms with van der Waals surface area (Å²) < 4.78 is 9.21. The summed E-state index contributed by atoms with van der Waals surface area (Å²) in [6.07, 6.45) is 0. The molecule has 16 heavy (non-hydrogen) atoms. The highest BCUT2D eigenvalue weighted by molar-refractivity contribution is 8.04. The first-order chi connectivity index (χ1) is 7.52. The van der Waals surface area contributed by atoms with Gasteiger partial charge in [-0.05, 0) is 13.8 Å². The van der Waals surface area contributed by atoms with Gasteiger partial charge < -0.3 is 9.47 Å². The lowest BCUT2D eigenvalue weighted by atomic mass is 10.5. The number of methoxy groups -OCH3 is 2. The van der Waals surface area contributed by atoms with E-state index in [4.69, 9.17) is 0 Å². The first kappa shape index (κ1) is 15.6. The molecule has 0 amide bonds. The van der Waals surface area contributed by atoms with Crippen molar-refractivity contribution in [2.45, 2.75) is 24.3 Å². The highest BCUT2D eigenvalue weighted by Crippen LogP contribution is 2.17. The maximum absolute atomic E-state index is 11.1. The van der Waals surface area contributed by atoms with Crippen LogP contribution in [0.5, 0.6) is 0 Å². The second-order valence-corrected chi connectivity index (χ2v) is 5.97. The van der Waals surface area contributed by atoms with E-state index in [0.717, 1.165) is 11.5 Å². The van der Waals surface area contributed by atoms with Gasteiger partial charge in [-0.1, -0.05) is 0 Å². The van der Waals surface area contributed by atoms with Crippen LogP contribution in [0.2, 0.25) is 0 Å². The molecule has 0 saturated heterocycles. The third-order valence-electron chi connectivity index (χ3n) is 1.89. The van der Waals surface area contributed by atoms with Gasteiger partial charge in [0, 0.05) is 11.5 Å². The SMILES string of the molecule is COC(=O)C(C)SCCSC(C)C(=O)OC. The molecule has 0 saturated carbocycles. The number of rotatable bonds is 7. The summed E-state index contributed by atoms with van der Waals surface area (Å²) in [6.45, 7) is 3.62. The number of esters is 2. The van der Waals surface area contributed by atoms with Crippen LogP contribution in [-0.4, -0.2) is 48.2 Å². The topological polar surface area (TPSA) is 52.6 Å². The average molecular weight is 266 g/mol. The van der Waals surface area contributed by atoms with Crippen LogP contribution in [-0.2, 0) is 19.1 Å². The van der Waals surface area contributed by atoms with Crippen LogP contribution < -0.4 is 0 Å². The fourth-order valence-corrected chi connectivity index (χ4v) is 2.86. The minimum absolute atomic E-state index is 0.154. The second-order valence-electron chi connectivity index (χ2n) is 3.07. The molecule has 0 aromatic heterocycles. The molecule has 94 valence electrons. The van der Waals surface area contributed by atoms with E-state index in [1.807, 2.05) is 13.8 Å². The van der Waals surface area contributed by atoms with Gasteiger partial charge in [-0.3, -0.25) is 9.59 Å². The molecule has 0 aliphatic carbocycles. The van der Waals surface area contributed by atoms with Crippen molar-refractivity contribution >= 4 is 35.5 Å². The van der Waals surface area contributed by atoms with Crippen LogP contribution in [0.3, 0.4) is 0 Å². The minimum atomic E-state index is -0.212. The van der Waals surface area contributed by atoms with Gasteiger partial charge >= 0.3 is 11.9 Å². The zero-order valence-electron chi connectivity index (χ0n) is 10.0. The molecule has 0 bridgehead atoms. The number of thioether (sulfide) groups is 2. The predicted octanol–water partition coefficient (Wildman–Crippen LogP) is 1.58. The zero-order valence-corrected chi connectivity index (χ0v) is 11.7. The first-order valence-electron chi connectivity index (χ1n) is 4.91. The highest BCUT2D eigenvalue weighted by atomic mass is 32.2. The Morgan fingerprint density at radius 3 is 1.50 bits per heavy atom. The Bertz CT molecular complexity index is 209. The number of hydrogen-bond acceptors (Lipinski definition) is 6. The molecule has 0 radical (unpaired) electrons. The van der Waals surface area contributed by atoms with Crippen LogP contribution in [0.25, 0.3) is 0 Å². The van der Waals surface area contributed by atoms with Gasteiger partial charge in [-0.15, -0.1) is 23.5 Å². The first-order valence-corrected chi connectivity index (χ1v) is 7.01. The number of ether oxygens (including phenoxy) is 2.